The van der Waals surface area contributed by atoms with Crippen LogP contribution in [0, 0.1) is 0 Å². The minimum absolute atomic E-state index is 0.112. The lowest BCUT2D eigenvalue weighted by Crippen LogP contribution is -1.95. The predicted molar refractivity (Wildman–Crippen MR) is 77.4 cm³/mol. The molecule has 6 heteroatoms. The fourth-order valence-electron chi connectivity index (χ4n) is 1.33. The van der Waals surface area contributed by atoms with Gasteiger partial charge in [-0.05, 0) is 12.1 Å². The molecule has 18 heavy (non-hydrogen) atoms. The highest BCUT2D eigenvalue weighted by molar-refractivity contribution is 6.53. The van der Waals surface area contributed by atoms with Crippen molar-refractivity contribution < 1.29 is 4.74 Å². The smallest absolute Gasteiger partial charge is 0.172 e. The number of nitrogen functional groups attached to an aromatic ring is 1. The van der Waals surface area contributed by atoms with E-state index in [2.05, 4.69) is 0 Å². The number of hydrogen-bond acceptors (Lipinski definition) is 2. The van der Waals surface area contributed by atoms with Gasteiger partial charge in [-0.2, -0.15) is 0 Å². The SMILES string of the molecule is Nc1c(Cl)c(Cl)c(Cl)c(Cl)c1Oc1ccccc1. The van der Waals surface area contributed by atoms with Crippen LogP contribution in [-0.4, -0.2) is 0 Å². The minimum Gasteiger partial charge on any atom is -0.454 e. The zero-order valence-electron chi connectivity index (χ0n) is 8.88. The molecule has 2 rings (SSSR count). The van der Waals surface area contributed by atoms with Gasteiger partial charge in [0.1, 0.15) is 10.8 Å². The van der Waals surface area contributed by atoms with E-state index in [9.17, 15) is 0 Å². The van der Waals surface area contributed by atoms with Crippen molar-refractivity contribution in [3.05, 3.63) is 50.4 Å². The molecule has 0 aliphatic rings. The lowest BCUT2D eigenvalue weighted by Gasteiger charge is -2.14. The van der Waals surface area contributed by atoms with Crippen LogP contribution in [0.25, 0.3) is 0 Å². The summed E-state index contributed by atoms with van der Waals surface area (Å²) in [6.45, 7) is 0. The van der Waals surface area contributed by atoms with Crippen molar-refractivity contribution >= 4 is 52.1 Å². The summed E-state index contributed by atoms with van der Waals surface area (Å²) in [6.07, 6.45) is 0. The zero-order valence-corrected chi connectivity index (χ0v) is 11.9. The number of ether oxygens (including phenoxy) is 1. The number of benzene rings is 2. The van der Waals surface area contributed by atoms with Crippen LogP contribution in [0.1, 0.15) is 0 Å². The van der Waals surface area contributed by atoms with Crippen LogP contribution in [0.3, 0.4) is 0 Å². The Hall–Kier alpha value is -0.800. The first-order valence-corrected chi connectivity index (χ1v) is 6.38. The fraction of sp³-hybridized carbons (Fsp3) is 0. The van der Waals surface area contributed by atoms with E-state index in [0.717, 1.165) is 0 Å². The highest BCUT2D eigenvalue weighted by Gasteiger charge is 2.20. The van der Waals surface area contributed by atoms with Crippen LogP contribution < -0.4 is 10.5 Å². The van der Waals surface area contributed by atoms with Gasteiger partial charge >= 0.3 is 0 Å². The quantitative estimate of drug-likeness (QED) is 0.439. The van der Waals surface area contributed by atoms with E-state index < -0.39 is 0 Å². The summed E-state index contributed by atoms with van der Waals surface area (Å²) < 4.78 is 5.57. The molecule has 0 unspecified atom stereocenters. The molecule has 0 atom stereocenters. The highest BCUT2D eigenvalue weighted by atomic mass is 35.5. The summed E-state index contributed by atoms with van der Waals surface area (Å²) in [5, 5.41) is 0.481. The van der Waals surface area contributed by atoms with Crippen LogP contribution in [0.5, 0.6) is 11.5 Å². The molecule has 0 aliphatic heterocycles. The van der Waals surface area contributed by atoms with Crippen molar-refractivity contribution in [3.8, 4) is 11.5 Å². The van der Waals surface area contributed by atoms with Gasteiger partial charge in [0, 0.05) is 0 Å². The highest BCUT2D eigenvalue weighted by Crippen LogP contribution is 2.48. The Morgan fingerprint density at radius 1 is 0.778 bits per heavy atom. The van der Waals surface area contributed by atoms with E-state index in [1.54, 1.807) is 12.1 Å². The average molecular weight is 323 g/mol. The van der Waals surface area contributed by atoms with Gasteiger partial charge in [0.05, 0.1) is 20.8 Å². The number of anilines is 1. The van der Waals surface area contributed by atoms with Crippen molar-refractivity contribution in [3.63, 3.8) is 0 Å². The number of rotatable bonds is 2. The predicted octanol–water partition coefficient (Wildman–Crippen LogP) is 5.67. The van der Waals surface area contributed by atoms with Gasteiger partial charge in [-0.3, -0.25) is 0 Å². The Bertz CT molecular complexity index is 557. The van der Waals surface area contributed by atoms with Gasteiger partial charge < -0.3 is 10.5 Å². The van der Waals surface area contributed by atoms with Crippen molar-refractivity contribution in [2.45, 2.75) is 0 Å². The van der Waals surface area contributed by atoms with Gasteiger partial charge in [-0.1, -0.05) is 64.6 Å². The molecule has 0 fully saturated rings. The monoisotopic (exact) mass is 321 g/mol. The van der Waals surface area contributed by atoms with E-state index in [1.165, 1.54) is 0 Å². The first-order chi connectivity index (χ1) is 8.52. The number of para-hydroxylation sites is 1. The van der Waals surface area contributed by atoms with E-state index in [4.69, 9.17) is 56.9 Å². The second-order valence-electron chi connectivity index (χ2n) is 3.41. The third-order valence-corrected chi connectivity index (χ3v) is 4.02. The molecule has 2 aromatic rings. The normalized spacial score (nSPS) is 10.4. The van der Waals surface area contributed by atoms with Gasteiger partial charge in [-0.15, -0.1) is 0 Å². The molecule has 0 saturated heterocycles. The van der Waals surface area contributed by atoms with E-state index in [0.29, 0.717) is 5.75 Å². The molecule has 0 bridgehead atoms. The molecule has 0 aliphatic carbocycles. The Morgan fingerprint density at radius 2 is 1.33 bits per heavy atom. The topological polar surface area (TPSA) is 35.2 Å². The van der Waals surface area contributed by atoms with Gasteiger partial charge in [0.15, 0.2) is 5.75 Å². The van der Waals surface area contributed by atoms with Crippen LogP contribution in [-0.2, 0) is 0 Å². The first kappa shape index (κ1) is 13.6. The number of nitrogens with two attached hydrogens (primary N) is 1. The summed E-state index contributed by atoms with van der Waals surface area (Å²) in [5.41, 5.74) is 5.97. The maximum absolute atomic E-state index is 6.05. The summed E-state index contributed by atoms with van der Waals surface area (Å²) in [7, 11) is 0. The standard InChI is InChI=1S/C12H7Cl4NO/c13-7-8(14)10(16)12(11(17)9(7)15)18-6-4-2-1-3-5-6/h1-5H,17H2. The molecule has 2 nitrogen and oxygen atoms in total. The van der Waals surface area contributed by atoms with E-state index >= 15 is 0 Å². The molecular weight excluding hydrogens is 316 g/mol. The molecule has 0 heterocycles. The second kappa shape index (κ2) is 5.45. The molecular formula is C12H7Cl4NO. The maximum atomic E-state index is 6.05. The molecule has 0 saturated carbocycles. The minimum atomic E-state index is 0.112. The summed E-state index contributed by atoms with van der Waals surface area (Å²) in [5.74, 6) is 0.767. The summed E-state index contributed by atoms with van der Waals surface area (Å²) in [6, 6.07) is 9.01. The molecule has 2 N–H and O–H groups in total. The van der Waals surface area contributed by atoms with Crippen LogP contribution in [0.15, 0.2) is 30.3 Å². The largest absolute Gasteiger partial charge is 0.454 e. The van der Waals surface area contributed by atoms with Crippen LogP contribution in [0.4, 0.5) is 5.69 Å². The number of halogens is 4. The first-order valence-electron chi connectivity index (χ1n) is 4.86. The fourth-order valence-corrected chi connectivity index (χ4v) is 2.22. The second-order valence-corrected chi connectivity index (χ2v) is 4.93. The molecule has 0 radical (unpaired) electrons. The van der Waals surface area contributed by atoms with E-state index in [-0.39, 0.29) is 31.5 Å². The van der Waals surface area contributed by atoms with Gasteiger partial charge in [0.25, 0.3) is 0 Å². The number of hydrogen-bond donors (Lipinski definition) is 1. The zero-order chi connectivity index (χ0) is 13.3. The van der Waals surface area contributed by atoms with Crippen molar-refractivity contribution in [2.75, 3.05) is 5.73 Å². The molecule has 0 amide bonds. The summed E-state index contributed by atoms with van der Waals surface area (Å²) >= 11 is 23.8. The maximum Gasteiger partial charge on any atom is 0.172 e. The Labute approximate surface area is 124 Å². The third-order valence-electron chi connectivity index (χ3n) is 2.22. The Kier molecular flexibility index (Phi) is 4.13. The third kappa shape index (κ3) is 2.47. The van der Waals surface area contributed by atoms with Crippen molar-refractivity contribution in [1.82, 2.24) is 0 Å². The van der Waals surface area contributed by atoms with Crippen LogP contribution >= 0.6 is 46.4 Å². The molecule has 2 aromatic carbocycles. The molecule has 0 spiro atoms. The van der Waals surface area contributed by atoms with Crippen molar-refractivity contribution in [2.24, 2.45) is 0 Å². The van der Waals surface area contributed by atoms with Crippen molar-refractivity contribution in [1.29, 1.82) is 0 Å². The van der Waals surface area contributed by atoms with Gasteiger partial charge in [-0.25, -0.2) is 0 Å². The Morgan fingerprint density at radius 3 is 1.94 bits per heavy atom. The van der Waals surface area contributed by atoms with Gasteiger partial charge in [0.2, 0.25) is 0 Å². The molecule has 94 valence electrons. The van der Waals surface area contributed by atoms with Crippen LogP contribution in [0.2, 0.25) is 20.1 Å². The molecule has 0 aromatic heterocycles. The Balaban J connectivity index is 2.52. The lowest BCUT2D eigenvalue weighted by atomic mass is 10.3. The van der Waals surface area contributed by atoms with E-state index in [1.807, 2.05) is 18.2 Å². The summed E-state index contributed by atoms with van der Waals surface area (Å²) in [4.78, 5) is 0. The lowest BCUT2D eigenvalue weighted by molar-refractivity contribution is 0.485. The average Bonchev–Trinajstić information content (AvgIpc) is 2.40.